The van der Waals surface area contributed by atoms with Crippen LogP contribution in [0, 0.1) is 17.8 Å². The molecule has 0 aromatic carbocycles. The fraction of sp³-hybridized carbons (Fsp3) is 0.833. The topological polar surface area (TPSA) is 21.3 Å². The highest BCUT2D eigenvalue weighted by Gasteiger charge is 2.34. The van der Waals surface area contributed by atoms with Crippen LogP contribution in [-0.2, 0) is 4.74 Å². The molecule has 80 valence electrons. The number of rotatable bonds is 6. The van der Waals surface area contributed by atoms with Gasteiger partial charge < -0.3 is 10.1 Å². The van der Waals surface area contributed by atoms with Gasteiger partial charge in [0.15, 0.2) is 0 Å². The smallest absolute Gasteiger partial charge is 0.0590 e. The minimum Gasteiger partial charge on any atom is -0.380 e. The molecule has 0 amide bonds. The minimum atomic E-state index is 0.832. The zero-order chi connectivity index (χ0) is 9.80. The highest BCUT2D eigenvalue weighted by atomic mass is 16.5. The third-order valence-corrected chi connectivity index (χ3v) is 3.45. The standard InChI is InChI=1S/C12H21NO/c1-2-14-6-5-13-9-12-8-10-3-4-11(12)7-10/h3-4,10-13H,2,5-9H2,1H3/t10-,11+,12-/m1/s1. The van der Waals surface area contributed by atoms with Crippen LogP contribution in [0.25, 0.3) is 0 Å². The lowest BCUT2D eigenvalue weighted by Gasteiger charge is -2.18. The van der Waals surface area contributed by atoms with Crippen LogP contribution < -0.4 is 5.32 Å². The van der Waals surface area contributed by atoms with E-state index in [1.807, 2.05) is 6.92 Å². The highest BCUT2D eigenvalue weighted by molar-refractivity contribution is 5.10. The molecule has 3 atom stereocenters. The van der Waals surface area contributed by atoms with Crippen molar-refractivity contribution in [3.05, 3.63) is 12.2 Å². The summed E-state index contributed by atoms with van der Waals surface area (Å²) >= 11 is 0. The molecule has 1 saturated carbocycles. The van der Waals surface area contributed by atoms with E-state index in [0.717, 1.165) is 37.5 Å². The van der Waals surface area contributed by atoms with E-state index in [2.05, 4.69) is 17.5 Å². The second-order valence-corrected chi connectivity index (χ2v) is 4.44. The van der Waals surface area contributed by atoms with Gasteiger partial charge in [-0.05, 0) is 44.1 Å². The van der Waals surface area contributed by atoms with Crippen molar-refractivity contribution in [2.24, 2.45) is 17.8 Å². The first-order valence-electron chi connectivity index (χ1n) is 5.87. The first kappa shape index (κ1) is 10.2. The average Bonchev–Trinajstić information content (AvgIpc) is 2.79. The lowest BCUT2D eigenvalue weighted by atomic mass is 9.94. The summed E-state index contributed by atoms with van der Waals surface area (Å²) in [6.07, 6.45) is 7.64. The second-order valence-electron chi connectivity index (χ2n) is 4.44. The maximum absolute atomic E-state index is 5.28. The fourth-order valence-corrected chi connectivity index (χ4v) is 2.71. The predicted octanol–water partition coefficient (Wildman–Crippen LogP) is 1.82. The van der Waals surface area contributed by atoms with E-state index in [1.165, 1.54) is 19.4 Å². The van der Waals surface area contributed by atoms with Gasteiger partial charge in [-0.2, -0.15) is 0 Å². The molecule has 2 rings (SSSR count). The molecule has 1 fully saturated rings. The van der Waals surface area contributed by atoms with Crippen molar-refractivity contribution in [1.29, 1.82) is 0 Å². The molecule has 0 unspecified atom stereocenters. The van der Waals surface area contributed by atoms with Crippen molar-refractivity contribution >= 4 is 0 Å². The van der Waals surface area contributed by atoms with Crippen LogP contribution in [0.2, 0.25) is 0 Å². The summed E-state index contributed by atoms with van der Waals surface area (Å²) in [5, 5.41) is 3.49. The highest BCUT2D eigenvalue weighted by Crippen LogP contribution is 2.42. The molecule has 0 aromatic rings. The maximum atomic E-state index is 5.28. The summed E-state index contributed by atoms with van der Waals surface area (Å²) < 4.78 is 5.28. The van der Waals surface area contributed by atoms with Crippen LogP contribution in [-0.4, -0.2) is 26.3 Å². The van der Waals surface area contributed by atoms with Crippen LogP contribution in [0.15, 0.2) is 12.2 Å². The van der Waals surface area contributed by atoms with Gasteiger partial charge >= 0.3 is 0 Å². The van der Waals surface area contributed by atoms with E-state index >= 15 is 0 Å². The van der Waals surface area contributed by atoms with Crippen molar-refractivity contribution < 1.29 is 4.74 Å². The van der Waals surface area contributed by atoms with Crippen LogP contribution in [0.5, 0.6) is 0 Å². The Morgan fingerprint density at radius 2 is 2.29 bits per heavy atom. The average molecular weight is 195 g/mol. The molecule has 0 saturated heterocycles. The third-order valence-electron chi connectivity index (χ3n) is 3.45. The number of hydrogen-bond donors (Lipinski definition) is 1. The normalized spacial score (nSPS) is 34.2. The summed E-state index contributed by atoms with van der Waals surface area (Å²) in [4.78, 5) is 0. The zero-order valence-corrected chi connectivity index (χ0v) is 9.04. The Morgan fingerprint density at radius 3 is 2.93 bits per heavy atom. The van der Waals surface area contributed by atoms with Crippen LogP contribution >= 0.6 is 0 Å². The third kappa shape index (κ3) is 2.37. The maximum Gasteiger partial charge on any atom is 0.0590 e. The van der Waals surface area contributed by atoms with Gasteiger partial charge in [0.1, 0.15) is 0 Å². The van der Waals surface area contributed by atoms with Gasteiger partial charge in [0.2, 0.25) is 0 Å². The number of hydrogen-bond acceptors (Lipinski definition) is 2. The number of nitrogens with one attached hydrogen (secondary N) is 1. The van der Waals surface area contributed by atoms with Gasteiger partial charge in [-0.3, -0.25) is 0 Å². The Kier molecular flexibility index (Phi) is 3.60. The summed E-state index contributed by atoms with van der Waals surface area (Å²) in [5.74, 6) is 2.67. The first-order valence-corrected chi connectivity index (χ1v) is 5.87. The van der Waals surface area contributed by atoms with Crippen molar-refractivity contribution in [2.75, 3.05) is 26.3 Å². The van der Waals surface area contributed by atoms with E-state index in [9.17, 15) is 0 Å². The van der Waals surface area contributed by atoms with E-state index < -0.39 is 0 Å². The molecule has 0 radical (unpaired) electrons. The molecular weight excluding hydrogens is 174 g/mol. The van der Waals surface area contributed by atoms with E-state index in [0.29, 0.717) is 0 Å². The van der Waals surface area contributed by atoms with Gasteiger partial charge in [-0.1, -0.05) is 12.2 Å². The molecule has 0 aromatic heterocycles. The van der Waals surface area contributed by atoms with E-state index in [1.54, 1.807) is 0 Å². The summed E-state index contributed by atoms with van der Waals surface area (Å²) in [6.45, 7) is 5.91. The Morgan fingerprint density at radius 1 is 1.36 bits per heavy atom. The molecule has 2 aliphatic carbocycles. The van der Waals surface area contributed by atoms with E-state index in [-0.39, 0.29) is 0 Å². The Labute approximate surface area is 86.7 Å². The quantitative estimate of drug-likeness (QED) is 0.515. The SMILES string of the molecule is CCOCCNC[C@H]1C[C@@H]2C=C[C@H]1C2. The van der Waals surface area contributed by atoms with Crippen molar-refractivity contribution in [3.8, 4) is 0 Å². The molecule has 2 bridgehead atoms. The zero-order valence-electron chi connectivity index (χ0n) is 9.04. The largest absolute Gasteiger partial charge is 0.380 e. The molecule has 2 aliphatic rings. The van der Waals surface area contributed by atoms with Gasteiger partial charge in [0, 0.05) is 13.2 Å². The monoisotopic (exact) mass is 195 g/mol. The van der Waals surface area contributed by atoms with Gasteiger partial charge in [0.25, 0.3) is 0 Å². The van der Waals surface area contributed by atoms with Crippen LogP contribution in [0.4, 0.5) is 0 Å². The second kappa shape index (κ2) is 4.94. The van der Waals surface area contributed by atoms with Crippen molar-refractivity contribution in [3.63, 3.8) is 0 Å². The molecule has 0 aliphatic heterocycles. The van der Waals surface area contributed by atoms with Gasteiger partial charge in [-0.15, -0.1) is 0 Å². The summed E-state index contributed by atoms with van der Waals surface area (Å²) in [6, 6.07) is 0. The number of ether oxygens (including phenoxy) is 1. The molecule has 2 heteroatoms. The molecular formula is C12H21NO. The number of allylic oxidation sites excluding steroid dienone is 2. The molecule has 1 N–H and O–H groups in total. The number of fused-ring (bicyclic) bond motifs is 2. The van der Waals surface area contributed by atoms with Crippen LogP contribution in [0.1, 0.15) is 19.8 Å². The van der Waals surface area contributed by atoms with Crippen LogP contribution in [0.3, 0.4) is 0 Å². The minimum absolute atomic E-state index is 0.832. The fourth-order valence-electron chi connectivity index (χ4n) is 2.71. The Bertz CT molecular complexity index is 202. The lowest BCUT2D eigenvalue weighted by Crippen LogP contribution is -2.28. The first-order chi connectivity index (χ1) is 6.90. The molecule has 0 spiro atoms. The molecule has 0 heterocycles. The summed E-state index contributed by atoms with van der Waals surface area (Å²) in [5.41, 5.74) is 0. The predicted molar refractivity (Wildman–Crippen MR) is 58.2 cm³/mol. The molecule has 14 heavy (non-hydrogen) atoms. The van der Waals surface area contributed by atoms with Gasteiger partial charge in [-0.25, -0.2) is 0 Å². The van der Waals surface area contributed by atoms with Crippen molar-refractivity contribution in [2.45, 2.75) is 19.8 Å². The lowest BCUT2D eigenvalue weighted by molar-refractivity contribution is 0.148. The summed E-state index contributed by atoms with van der Waals surface area (Å²) in [7, 11) is 0. The van der Waals surface area contributed by atoms with Gasteiger partial charge in [0.05, 0.1) is 6.61 Å². The van der Waals surface area contributed by atoms with Crippen molar-refractivity contribution in [1.82, 2.24) is 5.32 Å². The Hall–Kier alpha value is -0.340. The molecule has 2 nitrogen and oxygen atoms in total. The van der Waals surface area contributed by atoms with E-state index in [4.69, 9.17) is 4.74 Å². The Balaban J connectivity index is 1.56.